The fourth-order valence-corrected chi connectivity index (χ4v) is 7.58. The molecule has 0 aromatic heterocycles. The minimum absolute atomic E-state index is 0.0428. The number of anilines is 2. The molecule has 0 unspecified atom stereocenters. The van der Waals surface area contributed by atoms with Gasteiger partial charge in [-0.1, -0.05) is 12.1 Å². The van der Waals surface area contributed by atoms with Crippen molar-refractivity contribution in [2.24, 2.45) is 0 Å². The molecule has 2 aromatic rings. The van der Waals surface area contributed by atoms with Crippen LogP contribution in [0.2, 0.25) is 0 Å². The average Bonchev–Trinajstić information content (AvgIpc) is 3.25. The molecule has 2 N–H and O–H groups in total. The summed E-state index contributed by atoms with van der Waals surface area (Å²) in [5.41, 5.74) is 1.95. The van der Waals surface area contributed by atoms with Gasteiger partial charge in [0.1, 0.15) is 11.5 Å². The second-order valence-electron chi connectivity index (χ2n) is 16.6. The van der Waals surface area contributed by atoms with Gasteiger partial charge < -0.3 is 48.8 Å². The number of morpholine rings is 2. The fraction of sp³-hybridized carbons (Fsp3) is 0.683. The van der Waals surface area contributed by atoms with Gasteiger partial charge in [-0.2, -0.15) is 52.7 Å². The zero-order valence-electron chi connectivity index (χ0n) is 38.0. The van der Waals surface area contributed by atoms with Gasteiger partial charge in [0.25, 0.3) is 6.10 Å². The zero-order chi connectivity index (χ0) is 54.0. The van der Waals surface area contributed by atoms with Crippen LogP contribution in [0.15, 0.2) is 36.4 Å². The molecule has 412 valence electrons. The smallest absolute Gasteiger partial charge is 0.426 e. The number of hydrogen-bond acceptors (Lipinski definition) is 12. The second kappa shape index (κ2) is 24.6. The predicted octanol–water partition coefficient (Wildman–Crippen LogP) is 8.25. The molecule has 2 aromatic carbocycles. The summed E-state index contributed by atoms with van der Waals surface area (Å²) in [4.78, 5) is 20.4. The second-order valence-corrected chi connectivity index (χ2v) is 16.6. The highest BCUT2D eigenvalue weighted by molar-refractivity contribution is 5.68. The van der Waals surface area contributed by atoms with Gasteiger partial charge in [0.05, 0.1) is 26.4 Å². The Kier molecular flexibility index (Phi) is 20.5. The molecule has 4 aliphatic heterocycles. The number of carbonyl (C=O) groups is 1. The molecule has 72 heavy (non-hydrogen) atoms. The van der Waals surface area contributed by atoms with Crippen molar-refractivity contribution < 1.29 is 113 Å². The van der Waals surface area contributed by atoms with Crippen molar-refractivity contribution >= 4 is 17.5 Å². The van der Waals surface area contributed by atoms with Crippen LogP contribution in [0.25, 0.3) is 0 Å². The Hall–Kier alpha value is -4.59. The van der Waals surface area contributed by atoms with E-state index in [0.717, 1.165) is 30.2 Å². The van der Waals surface area contributed by atoms with Gasteiger partial charge in [0.2, 0.25) is 6.10 Å². The van der Waals surface area contributed by atoms with Gasteiger partial charge in [-0.05, 0) is 26.0 Å². The molecule has 13 nitrogen and oxygen atoms in total. The highest BCUT2D eigenvalue weighted by Crippen LogP contribution is 2.38. The Morgan fingerprint density at radius 3 is 1.38 bits per heavy atom. The number of carbonyl (C=O) groups excluding carboxylic acids is 1. The lowest BCUT2D eigenvalue weighted by molar-refractivity contribution is -0.309. The molecule has 0 saturated carbocycles. The quantitative estimate of drug-likeness (QED) is 0.236. The van der Waals surface area contributed by atoms with Crippen LogP contribution >= 0.6 is 0 Å². The molecule has 4 fully saturated rings. The van der Waals surface area contributed by atoms with Crippen molar-refractivity contribution in [3.63, 3.8) is 0 Å². The lowest BCUT2D eigenvalue weighted by Crippen LogP contribution is -2.56. The van der Waals surface area contributed by atoms with E-state index in [4.69, 9.17) is 14.6 Å². The summed E-state index contributed by atoms with van der Waals surface area (Å²) in [5.74, 6) is -0.549. The number of amides is 1. The number of nitrogens with zero attached hydrogens (tertiary/aromatic N) is 5. The number of aliphatic hydroxyl groups excluding tert-OH is 1. The van der Waals surface area contributed by atoms with Crippen molar-refractivity contribution in [2.75, 3.05) is 102 Å². The topological polar surface area (TPSA) is 112 Å². The van der Waals surface area contributed by atoms with Gasteiger partial charge in [0, 0.05) is 125 Å². The summed E-state index contributed by atoms with van der Waals surface area (Å²) < 4.78 is 243. The number of nitrogens with one attached hydrogen (secondary N) is 1. The molecule has 4 heterocycles. The average molecular weight is 1080 g/mol. The molecule has 31 heteroatoms. The minimum Gasteiger partial charge on any atom is -0.426 e. The van der Waals surface area contributed by atoms with E-state index in [2.05, 4.69) is 31.4 Å². The van der Waals surface area contributed by atoms with Crippen LogP contribution in [0.1, 0.15) is 25.0 Å². The number of alkyl halides is 18. The minimum atomic E-state index is -5.85. The van der Waals surface area contributed by atoms with E-state index in [1.54, 1.807) is 17.0 Å². The highest BCUT2D eigenvalue weighted by atomic mass is 19.4. The van der Waals surface area contributed by atoms with Crippen LogP contribution in [-0.4, -0.2) is 179 Å². The fourth-order valence-electron chi connectivity index (χ4n) is 7.58. The summed E-state index contributed by atoms with van der Waals surface area (Å²) in [6, 6.07) is 8.88. The van der Waals surface area contributed by atoms with Gasteiger partial charge in [-0.3, -0.25) is 9.80 Å². The lowest BCUT2D eigenvalue weighted by atomic mass is 10.1. The van der Waals surface area contributed by atoms with E-state index in [9.17, 15) is 83.8 Å². The number of ether oxygens (including phenoxy) is 5. The van der Waals surface area contributed by atoms with Crippen LogP contribution in [0.4, 0.5) is 95.2 Å². The number of rotatable bonds is 9. The molecule has 1 amide bonds. The SMILES string of the molecule is C[C@@H]1CN(Cc2ccc(N3CCOCC3)cc2OC(F)(F)F)CCN1.C[C@@H]1CN(Cc2ccc(N3CCOCC3)cc2OC(F)(F)F)CCN1C(=O)OC(C(F)(F)F)C(F)(F)F.OC(C(F)(F)F)C(F)(F)F. The van der Waals surface area contributed by atoms with Crippen LogP contribution < -0.4 is 24.6 Å². The third kappa shape index (κ3) is 19.4. The monoisotopic (exact) mass is 1080 g/mol. The van der Waals surface area contributed by atoms with Crippen molar-refractivity contribution in [3.05, 3.63) is 47.5 Å². The van der Waals surface area contributed by atoms with Gasteiger partial charge in [-0.25, -0.2) is 4.79 Å². The number of aliphatic hydroxyl groups is 1. The Balaban J connectivity index is 0.000000275. The highest BCUT2D eigenvalue weighted by Gasteiger charge is 2.60. The third-order valence-corrected chi connectivity index (χ3v) is 10.9. The van der Waals surface area contributed by atoms with E-state index >= 15 is 0 Å². The van der Waals surface area contributed by atoms with Crippen molar-refractivity contribution in [2.45, 2.75) is 88.7 Å². The molecule has 4 saturated heterocycles. The summed E-state index contributed by atoms with van der Waals surface area (Å²) >= 11 is 0. The van der Waals surface area contributed by atoms with Crippen molar-refractivity contribution in [1.82, 2.24) is 20.0 Å². The molecule has 2 atom stereocenters. The first-order valence-corrected chi connectivity index (χ1v) is 21.6. The standard InChI is InChI=1S/C21H24F9N3O4.C17H24F3N3O2.C3H2F6O/c1-13-11-31(4-5-33(13)18(34)36-17(19(22,23)24)20(25,26)27)12-14-2-3-15(32-6-8-35-9-7-32)10-16(14)37-21(28,29)30;1-13-11-22(5-4-21-13)12-14-2-3-15(23-6-8-24-9-7-23)10-16(14)25-17(18,19)20;4-2(5,6)1(10)3(7,8)9/h2-3,10,13,17H,4-9,11-12H2,1H3;2-3,10,13,21H,4-9,11-12H2,1H3;1,10H/t2*13-;/m11./s1. The summed E-state index contributed by atoms with van der Waals surface area (Å²) in [6.45, 7) is 10.1. The Morgan fingerprint density at radius 2 is 1.03 bits per heavy atom. The van der Waals surface area contributed by atoms with Crippen molar-refractivity contribution in [3.8, 4) is 11.5 Å². The van der Waals surface area contributed by atoms with Crippen molar-refractivity contribution in [1.29, 1.82) is 0 Å². The van der Waals surface area contributed by atoms with E-state index in [-0.39, 0.29) is 37.5 Å². The van der Waals surface area contributed by atoms with E-state index in [1.165, 1.54) is 25.1 Å². The maximum absolute atomic E-state index is 13.1. The number of hydrogen-bond donors (Lipinski definition) is 2. The predicted molar refractivity (Wildman–Crippen MR) is 217 cm³/mol. The zero-order valence-corrected chi connectivity index (χ0v) is 38.0. The summed E-state index contributed by atoms with van der Waals surface area (Å²) in [5, 5.41) is 10.8. The van der Waals surface area contributed by atoms with Gasteiger partial charge in [0.15, 0.2) is 0 Å². The number of piperazine rings is 2. The molecular weight excluding hydrogens is 1030 g/mol. The Bertz CT molecular complexity index is 1980. The van der Waals surface area contributed by atoms with Crippen LogP contribution in [0.5, 0.6) is 11.5 Å². The molecule has 6 rings (SSSR count). The van der Waals surface area contributed by atoms with E-state index in [0.29, 0.717) is 76.4 Å². The number of halogens is 18. The third-order valence-electron chi connectivity index (χ3n) is 10.9. The number of benzene rings is 2. The van der Waals surface area contributed by atoms with E-state index in [1.807, 2.05) is 15.9 Å². The van der Waals surface area contributed by atoms with Crippen LogP contribution in [0, 0.1) is 0 Å². The molecule has 0 spiro atoms. The largest absolute Gasteiger partial charge is 0.573 e. The summed E-state index contributed by atoms with van der Waals surface area (Å²) in [6.07, 6.45) is -42.9. The van der Waals surface area contributed by atoms with Gasteiger partial charge in [-0.15, -0.1) is 26.3 Å². The molecule has 0 bridgehead atoms. The van der Waals surface area contributed by atoms with Crippen LogP contribution in [-0.2, 0) is 27.3 Å². The first kappa shape index (κ1) is 60.0. The molecule has 4 aliphatic rings. The first-order valence-electron chi connectivity index (χ1n) is 21.6. The molecular formula is C41H50F18N6O7. The molecule has 0 radical (unpaired) electrons. The normalized spacial score (nSPS) is 20.4. The maximum atomic E-state index is 13.1. The van der Waals surface area contributed by atoms with E-state index < -0.39 is 67.5 Å². The summed E-state index contributed by atoms with van der Waals surface area (Å²) in [7, 11) is 0. The lowest BCUT2D eigenvalue weighted by Gasteiger charge is -2.40. The molecule has 0 aliphatic carbocycles. The Morgan fingerprint density at radius 1 is 0.611 bits per heavy atom. The van der Waals surface area contributed by atoms with Crippen LogP contribution in [0.3, 0.4) is 0 Å². The Labute approximate surface area is 399 Å². The first-order chi connectivity index (χ1) is 33.1. The van der Waals surface area contributed by atoms with Gasteiger partial charge >= 0.3 is 43.5 Å². The maximum Gasteiger partial charge on any atom is 0.573 e.